The van der Waals surface area contributed by atoms with Crippen LogP contribution in [0, 0.1) is 0 Å². The number of rotatable bonds is 6. The van der Waals surface area contributed by atoms with Crippen LogP contribution >= 0.6 is 11.3 Å². The van der Waals surface area contributed by atoms with Crippen molar-refractivity contribution in [3.63, 3.8) is 0 Å². The average Bonchev–Trinajstić information content (AvgIpc) is 3.18. The van der Waals surface area contributed by atoms with E-state index in [-0.39, 0.29) is 5.25 Å². The fourth-order valence-electron chi connectivity index (χ4n) is 3.36. The van der Waals surface area contributed by atoms with Crippen LogP contribution in [-0.4, -0.2) is 23.6 Å². The molecule has 0 saturated heterocycles. The number of anilines is 3. The third kappa shape index (κ3) is 4.51. The zero-order valence-corrected chi connectivity index (χ0v) is 17.0. The Hall–Kier alpha value is -2.45. The minimum absolute atomic E-state index is 0.277. The van der Waals surface area contributed by atoms with Gasteiger partial charge in [0.05, 0.1) is 22.8 Å². The highest BCUT2D eigenvalue weighted by atomic mass is 32.2. The van der Waals surface area contributed by atoms with Crippen LogP contribution < -0.4 is 10.0 Å². The predicted octanol–water partition coefficient (Wildman–Crippen LogP) is 5.02. The lowest BCUT2D eigenvalue weighted by Crippen LogP contribution is -2.29. The molecule has 0 radical (unpaired) electrons. The normalized spacial score (nSPS) is 15.3. The fourth-order valence-corrected chi connectivity index (χ4v) is 5.68. The lowest BCUT2D eigenvalue weighted by atomic mass is 10.0. The van der Waals surface area contributed by atoms with Gasteiger partial charge < -0.3 is 5.32 Å². The van der Waals surface area contributed by atoms with Gasteiger partial charge in [-0.05, 0) is 37.1 Å². The molecule has 146 valence electrons. The highest BCUT2D eigenvalue weighted by Gasteiger charge is 2.27. The molecular formula is C20H22N4O2S2. The third-order valence-electron chi connectivity index (χ3n) is 4.85. The number of nitrogens with one attached hydrogen (secondary N) is 2. The summed E-state index contributed by atoms with van der Waals surface area (Å²) in [7, 11) is -3.32. The largest absolute Gasteiger partial charge is 0.330 e. The molecular weight excluding hydrogens is 392 g/mol. The van der Waals surface area contributed by atoms with Crippen molar-refractivity contribution in [3.8, 4) is 11.3 Å². The first-order valence-corrected chi connectivity index (χ1v) is 11.8. The number of thiazole rings is 1. The Kier molecular flexibility index (Phi) is 5.59. The number of pyridine rings is 1. The molecule has 2 N–H and O–H groups in total. The van der Waals surface area contributed by atoms with Crippen molar-refractivity contribution in [2.24, 2.45) is 0 Å². The van der Waals surface area contributed by atoms with Crippen molar-refractivity contribution >= 4 is 37.9 Å². The minimum atomic E-state index is -3.32. The van der Waals surface area contributed by atoms with E-state index in [0.717, 1.165) is 54.2 Å². The Labute approximate surface area is 169 Å². The zero-order chi connectivity index (χ0) is 19.4. The summed E-state index contributed by atoms with van der Waals surface area (Å²) in [5.74, 6) is 0. The first-order chi connectivity index (χ1) is 13.6. The van der Waals surface area contributed by atoms with Crippen molar-refractivity contribution in [2.75, 3.05) is 10.0 Å². The monoisotopic (exact) mass is 414 g/mol. The number of aromatic nitrogens is 2. The van der Waals surface area contributed by atoms with Crippen molar-refractivity contribution in [1.29, 1.82) is 0 Å². The molecule has 1 aliphatic rings. The first-order valence-electron chi connectivity index (χ1n) is 9.35. The SMILES string of the molecule is O=S(=O)(Nc1ccc(-c2csc(Nc3cccnc3)n2)cc1)C1CCCCC1. The van der Waals surface area contributed by atoms with E-state index in [4.69, 9.17) is 0 Å². The van der Waals surface area contributed by atoms with E-state index in [1.165, 1.54) is 11.3 Å². The molecule has 1 saturated carbocycles. The van der Waals surface area contributed by atoms with E-state index in [0.29, 0.717) is 5.69 Å². The topological polar surface area (TPSA) is 84.0 Å². The molecule has 0 atom stereocenters. The maximum atomic E-state index is 12.6. The molecule has 0 bridgehead atoms. The number of benzene rings is 1. The summed E-state index contributed by atoms with van der Waals surface area (Å²) in [5.41, 5.74) is 3.27. The summed E-state index contributed by atoms with van der Waals surface area (Å²) in [4.78, 5) is 8.67. The molecule has 2 heterocycles. The van der Waals surface area contributed by atoms with Gasteiger partial charge in [-0.3, -0.25) is 9.71 Å². The summed E-state index contributed by atoms with van der Waals surface area (Å²) in [6.07, 6.45) is 8.08. The van der Waals surface area contributed by atoms with Crippen LogP contribution in [0.5, 0.6) is 0 Å². The van der Waals surface area contributed by atoms with Gasteiger partial charge in [-0.2, -0.15) is 0 Å². The highest BCUT2D eigenvalue weighted by molar-refractivity contribution is 7.93. The standard InChI is InChI=1S/C20H22N4O2S2/c25-28(26,18-6-2-1-3-7-18)24-16-10-8-15(9-11-16)19-14-27-20(23-19)22-17-5-4-12-21-13-17/h4-5,8-14,18,24H,1-3,6-7H2,(H,22,23). The summed E-state index contributed by atoms with van der Waals surface area (Å²) in [6, 6.07) is 11.2. The van der Waals surface area contributed by atoms with Crippen molar-refractivity contribution in [2.45, 2.75) is 37.4 Å². The van der Waals surface area contributed by atoms with Gasteiger partial charge in [0, 0.05) is 22.8 Å². The molecule has 1 aromatic carbocycles. The number of sulfonamides is 1. The number of hydrogen-bond acceptors (Lipinski definition) is 6. The Morgan fingerprint density at radius 1 is 1.00 bits per heavy atom. The van der Waals surface area contributed by atoms with Crippen molar-refractivity contribution < 1.29 is 8.42 Å². The van der Waals surface area contributed by atoms with E-state index in [1.807, 2.05) is 29.6 Å². The molecule has 0 aliphatic heterocycles. The molecule has 3 aromatic rings. The van der Waals surface area contributed by atoms with Gasteiger partial charge in [0.25, 0.3) is 0 Å². The minimum Gasteiger partial charge on any atom is -0.330 e. The van der Waals surface area contributed by atoms with E-state index < -0.39 is 10.0 Å². The summed E-state index contributed by atoms with van der Waals surface area (Å²) in [5, 5.41) is 5.70. The van der Waals surface area contributed by atoms with Crippen LogP contribution in [0.4, 0.5) is 16.5 Å². The number of hydrogen-bond donors (Lipinski definition) is 2. The van der Waals surface area contributed by atoms with Crippen LogP contribution in [0.3, 0.4) is 0 Å². The molecule has 2 aromatic heterocycles. The lowest BCUT2D eigenvalue weighted by molar-refractivity contribution is 0.486. The van der Waals surface area contributed by atoms with Crippen LogP contribution in [0.25, 0.3) is 11.3 Å². The molecule has 4 rings (SSSR count). The number of nitrogens with zero attached hydrogens (tertiary/aromatic N) is 2. The molecule has 0 unspecified atom stereocenters. The summed E-state index contributed by atoms with van der Waals surface area (Å²) < 4.78 is 27.8. The summed E-state index contributed by atoms with van der Waals surface area (Å²) in [6.45, 7) is 0. The Morgan fingerprint density at radius 2 is 1.79 bits per heavy atom. The van der Waals surface area contributed by atoms with Crippen molar-refractivity contribution in [1.82, 2.24) is 9.97 Å². The van der Waals surface area contributed by atoms with Crippen LogP contribution in [-0.2, 0) is 10.0 Å². The van der Waals surface area contributed by atoms with Crippen molar-refractivity contribution in [3.05, 3.63) is 54.2 Å². The van der Waals surface area contributed by atoms with Gasteiger partial charge in [-0.25, -0.2) is 13.4 Å². The van der Waals surface area contributed by atoms with Gasteiger partial charge in [0.1, 0.15) is 0 Å². The second-order valence-corrected chi connectivity index (χ2v) is 9.71. The van der Waals surface area contributed by atoms with E-state index in [9.17, 15) is 8.42 Å². The van der Waals surface area contributed by atoms with E-state index >= 15 is 0 Å². The third-order valence-corrected chi connectivity index (χ3v) is 7.48. The Morgan fingerprint density at radius 3 is 2.50 bits per heavy atom. The van der Waals surface area contributed by atoms with Gasteiger partial charge in [-0.15, -0.1) is 11.3 Å². The van der Waals surface area contributed by atoms with Crippen LogP contribution in [0.2, 0.25) is 0 Å². The predicted molar refractivity (Wildman–Crippen MR) is 114 cm³/mol. The van der Waals surface area contributed by atoms with Gasteiger partial charge in [0.2, 0.25) is 10.0 Å². The molecule has 8 heteroatoms. The maximum Gasteiger partial charge on any atom is 0.235 e. The maximum absolute atomic E-state index is 12.6. The van der Waals surface area contributed by atoms with Gasteiger partial charge in [-0.1, -0.05) is 31.4 Å². The highest BCUT2D eigenvalue weighted by Crippen LogP contribution is 2.29. The molecule has 1 aliphatic carbocycles. The van der Waals surface area contributed by atoms with E-state index in [1.54, 1.807) is 24.5 Å². The van der Waals surface area contributed by atoms with Gasteiger partial charge in [0.15, 0.2) is 5.13 Å². The fraction of sp³-hybridized carbons (Fsp3) is 0.300. The van der Waals surface area contributed by atoms with Gasteiger partial charge >= 0.3 is 0 Å². The zero-order valence-electron chi connectivity index (χ0n) is 15.3. The quantitative estimate of drug-likeness (QED) is 0.591. The Balaban J connectivity index is 1.43. The molecule has 0 spiro atoms. The molecule has 0 amide bonds. The molecule has 6 nitrogen and oxygen atoms in total. The first kappa shape index (κ1) is 18.9. The van der Waals surface area contributed by atoms with Crippen LogP contribution in [0.1, 0.15) is 32.1 Å². The van der Waals surface area contributed by atoms with Crippen LogP contribution in [0.15, 0.2) is 54.2 Å². The molecule has 1 fully saturated rings. The average molecular weight is 415 g/mol. The smallest absolute Gasteiger partial charge is 0.235 e. The lowest BCUT2D eigenvalue weighted by Gasteiger charge is -2.22. The molecule has 28 heavy (non-hydrogen) atoms. The Bertz CT molecular complexity index is 1010. The second kappa shape index (κ2) is 8.28. The second-order valence-electron chi connectivity index (χ2n) is 6.89. The summed E-state index contributed by atoms with van der Waals surface area (Å²) >= 11 is 1.51. The van der Waals surface area contributed by atoms with E-state index in [2.05, 4.69) is 20.0 Å².